The van der Waals surface area contributed by atoms with Crippen LogP contribution in [0.5, 0.6) is 0 Å². The zero-order chi connectivity index (χ0) is 18.4. The first-order valence-electron chi connectivity index (χ1n) is 9.32. The van der Waals surface area contributed by atoms with Gasteiger partial charge >= 0.3 is 6.09 Å². The number of carbonyl (C=O) groups is 1. The minimum Gasteiger partial charge on any atom is -0.443 e. The zero-order valence-electron chi connectivity index (χ0n) is 16.4. The summed E-state index contributed by atoms with van der Waals surface area (Å²) in [5.74, 6) is 0. The van der Waals surface area contributed by atoms with Crippen molar-refractivity contribution >= 4 is 11.8 Å². The lowest BCUT2D eigenvalue weighted by molar-refractivity contribution is 0.0577. The Morgan fingerprint density at radius 2 is 2.12 bits per heavy atom. The van der Waals surface area contributed by atoms with Gasteiger partial charge in [0, 0.05) is 26.2 Å². The molecule has 0 aliphatic carbocycles. The van der Waals surface area contributed by atoms with Crippen molar-refractivity contribution in [2.75, 3.05) is 38.1 Å². The molecule has 0 saturated carbocycles. The number of para-hydroxylation sites is 1. The number of anilines is 1. The van der Waals surface area contributed by atoms with Crippen molar-refractivity contribution in [1.29, 1.82) is 0 Å². The van der Waals surface area contributed by atoms with Crippen LogP contribution in [-0.4, -0.2) is 49.8 Å². The van der Waals surface area contributed by atoms with Crippen molar-refractivity contribution in [2.45, 2.75) is 52.7 Å². The average Bonchev–Trinajstić information content (AvgIpc) is 2.56. The molecule has 0 radical (unpaired) electrons. The van der Waals surface area contributed by atoms with Crippen molar-refractivity contribution in [3.05, 3.63) is 29.3 Å². The minimum absolute atomic E-state index is 0.244. The molecule has 1 aromatic rings. The van der Waals surface area contributed by atoms with Crippen LogP contribution in [-0.2, 0) is 17.7 Å². The van der Waals surface area contributed by atoms with Gasteiger partial charge < -0.3 is 15.0 Å². The zero-order valence-corrected chi connectivity index (χ0v) is 16.4. The second-order valence-electron chi connectivity index (χ2n) is 7.73. The molecule has 0 fully saturated rings. The van der Waals surface area contributed by atoms with Gasteiger partial charge in [-0.2, -0.15) is 0 Å². The smallest absolute Gasteiger partial charge is 0.414 e. The highest BCUT2D eigenvalue weighted by atomic mass is 16.6. The quantitative estimate of drug-likeness (QED) is 0.801. The van der Waals surface area contributed by atoms with E-state index >= 15 is 0 Å². The maximum Gasteiger partial charge on any atom is 0.414 e. The Morgan fingerprint density at radius 3 is 2.80 bits per heavy atom. The van der Waals surface area contributed by atoms with Crippen LogP contribution in [0.15, 0.2) is 18.2 Å². The third-order valence-corrected chi connectivity index (χ3v) is 4.44. The van der Waals surface area contributed by atoms with Crippen LogP contribution in [0.4, 0.5) is 10.5 Å². The van der Waals surface area contributed by atoms with Crippen molar-refractivity contribution < 1.29 is 9.53 Å². The molecule has 25 heavy (non-hydrogen) atoms. The Hall–Kier alpha value is -1.59. The number of nitrogens with one attached hydrogen (secondary N) is 1. The number of hydrogen-bond donors (Lipinski definition) is 1. The number of hydrogen-bond acceptors (Lipinski definition) is 4. The summed E-state index contributed by atoms with van der Waals surface area (Å²) in [6.07, 6.45) is 1.75. The molecule has 140 valence electrons. The minimum atomic E-state index is -0.480. The van der Waals surface area contributed by atoms with E-state index in [9.17, 15) is 4.79 Å². The second-order valence-corrected chi connectivity index (χ2v) is 7.73. The van der Waals surface area contributed by atoms with Crippen molar-refractivity contribution in [3.63, 3.8) is 0 Å². The summed E-state index contributed by atoms with van der Waals surface area (Å²) in [7, 11) is 2.12. The monoisotopic (exact) mass is 347 g/mol. The standard InChI is InChI=1S/C20H33N3O2/c1-6-22(5)14-12-21-15-17-10-7-9-16-11-8-13-23(18(16)17)19(24)25-20(2,3)4/h7,9-10,21H,6,8,11-15H2,1-5H3. The van der Waals surface area contributed by atoms with Crippen LogP contribution >= 0.6 is 0 Å². The molecule has 1 aromatic carbocycles. The molecule has 0 spiro atoms. The molecule has 0 bridgehead atoms. The van der Waals surface area contributed by atoms with Crippen molar-refractivity contribution in [2.24, 2.45) is 0 Å². The van der Waals surface area contributed by atoms with Gasteiger partial charge in [-0.3, -0.25) is 4.90 Å². The summed E-state index contributed by atoms with van der Waals surface area (Å²) < 4.78 is 5.62. The summed E-state index contributed by atoms with van der Waals surface area (Å²) in [5.41, 5.74) is 2.97. The number of fused-ring (bicyclic) bond motifs is 1. The molecule has 2 rings (SSSR count). The van der Waals surface area contributed by atoms with Gasteiger partial charge in [-0.1, -0.05) is 25.1 Å². The SMILES string of the molecule is CCN(C)CCNCc1cccc2c1N(C(=O)OC(C)(C)C)CCC2. The molecule has 1 aliphatic rings. The molecule has 5 nitrogen and oxygen atoms in total. The maximum absolute atomic E-state index is 12.7. The molecule has 1 N–H and O–H groups in total. The normalized spacial score (nSPS) is 14.6. The van der Waals surface area contributed by atoms with E-state index < -0.39 is 5.60 Å². The van der Waals surface area contributed by atoms with E-state index in [0.717, 1.165) is 51.3 Å². The first-order valence-corrected chi connectivity index (χ1v) is 9.32. The molecular formula is C20H33N3O2. The highest BCUT2D eigenvalue weighted by Crippen LogP contribution is 2.32. The van der Waals surface area contributed by atoms with Gasteiger partial charge in [0.15, 0.2) is 0 Å². The second kappa shape index (κ2) is 8.68. The van der Waals surface area contributed by atoms with Crippen LogP contribution in [0.25, 0.3) is 0 Å². The van der Waals surface area contributed by atoms with E-state index in [2.05, 4.69) is 42.4 Å². The van der Waals surface area contributed by atoms with Crippen molar-refractivity contribution in [1.82, 2.24) is 10.2 Å². The lowest BCUT2D eigenvalue weighted by atomic mass is 9.98. The number of benzene rings is 1. The Kier molecular flexibility index (Phi) is 6.85. The highest BCUT2D eigenvalue weighted by Gasteiger charge is 2.28. The van der Waals surface area contributed by atoms with Gasteiger partial charge in [-0.25, -0.2) is 4.79 Å². The largest absolute Gasteiger partial charge is 0.443 e. The van der Waals surface area contributed by atoms with Gasteiger partial charge in [-0.05, 0) is 58.3 Å². The highest BCUT2D eigenvalue weighted by molar-refractivity contribution is 5.90. The van der Waals surface area contributed by atoms with Crippen LogP contribution in [0.3, 0.4) is 0 Å². The fourth-order valence-corrected chi connectivity index (χ4v) is 3.03. The Bertz CT molecular complexity index is 581. The third kappa shape index (κ3) is 5.72. The van der Waals surface area contributed by atoms with Crippen LogP contribution in [0.1, 0.15) is 45.2 Å². The van der Waals surface area contributed by atoms with Crippen LogP contribution in [0, 0.1) is 0 Å². The summed E-state index contributed by atoms with van der Waals surface area (Å²) in [6.45, 7) is 12.4. The molecule has 0 unspecified atom stereocenters. The first-order chi connectivity index (χ1) is 11.8. The van der Waals surface area contributed by atoms with E-state index in [1.807, 2.05) is 25.7 Å². The van der Waals surface area contributed by atoms with Crippen LogP contribution in [0.2, 0.25) is 0 Å². The van der Waals surface area contributed by atoms with E-state index in [-0.39, 0.29) is 6.09 Å². The van der Waals surface area contributed by atoms with E-state index in [1.165, 1.54) is 11.1 Å². The first kappa shape index (κ1) is 19.7. The van der Waals surface area contributed by atoms with E-state index in [1.54, 1.807) is 0 Å². The number of nitrogens with zero attached hydrogens (tertiary/aromatic N) is 2. The molecule has 1 aliphatic heterocycles. The summed E-state index contributed by atoms with van der Waals surface area (Å²) >= 11 is 0. The fourth-order valence-electron chi connectivity index (χ4n) is 3.03. The van der Waals surface area contributed by atoms with Gasteiger partial charge in [0.25, 0.3) is 0 Å². The summed E-state index contributed by atoms with van der Waals surface area (Å²) in [4.78, 5) is 16.8. The van der Waals surface area contributed by atoms with Gasteiger partial charge in [0.2, 0.25) is 0 Å². The molecule has 0 atom stereocenters. The van der Waals surface area contributed by atoms with Gasteiger partial charge in [0.1, 0.15) is 5.60 Å². The fraction of sp³-hybridized carbons (Fsp3) is 0.650. The molecular weight excluding hydrogens is 314 g/mol. The molecule has 1 heterocycles. The predicted octanol–water partition coefficient (Wildman–Crippen LogP) is 3.42. The number of amides is 1. The number of likely N-dealkylation sites (N-methyl/N-ethyl adjacent to an activating group) is 1. The van der Waals surface area contributed by atoms with Crippen LogP contribution < -0.4 is 10.2 Å². The number of carbonyl (C=O) groups excluding carboxylic acids is 1. The van der Waals surface area contributed by atoms with Gasteiger partial charge in [-0.15, -0.1) is 0 Å². The molecule has 0 aromatic heterocycles. The Morgan fingerprint density at radius 1 is 1.36 bits per heavy atom. The molecule has 5 heteroatoms. The Labute approximate surface area is 152 Å². The average molecular weight is 348 g/mol. The van der Waals surface area contributed by atoms with E-state index in [4.69, 9.17) is 4.74 Å². The lowest BCUT2D eigenvalue weighted by Crippen LogP contribution is -2.40. The molecule has 1 amide bonds. The maximum atomic E-state index is 12.7. The summed E-state index contributed by atoms with van der Waals surface area (Å²) in [5, 5.41) is 3.50. The predicted molar refractivity (Wildman–Crippen MR) is 103 cm³/mol. The Balaban J connectivity index is 2.11. The van der Waals surface area contributed by atoms with Gasteiger partial charge in [0.05, 0.1) is 5.69 Å². The van der Waals surface area contributed by atoms with Crippen molar-refractivity contribution in [3.8, 4) is 0 Å². The number of ether oxygens (including phenoxy) is 1. The summed E-state index contributed by atoms with van der Waals surface area (Å²) in [6, 6.07) is 6.32. The lowest BCUT2D eigenvalue weighted by Gasteiger charge is -2.33. The third-order valence-electron chi connectivity index (χ3n) is 4.44. The molecule has 0 saturated heterocycles. The van der Waals surface area contributed by atoms with E-state index in [0.29, 0.717) is 0 Å². The topological polar surface area (TPSA) is 44.8 Å². The number of rotatable bonds is 6. The number of aryl methyl sites for hydroxylation is 1.